The largest absolute Gasteiger partial charge is 0.493 e. The van der Waals surface area contributed by atoms with Crippen LogP contribution in [0.4, 0.5) is 11.4 Å². The maximum Gasteiger partial charge on any atom is 0.253 e. The molecular formula is C26H28ClN3O6S. The Kier molecular flexibility index (Phi) is 9.37. The molecule has 37 heavy (non-hydrogen) atoms. The number of rotatable bonds is 11. The first-order chi connectivity index (χ1) is 17.6. The second kappa shape index (κ2) is 12.5. The zero-order chi connectivity index (χ0) is 27.0. The van der Waals surface area contributed by atoms with Crippen molar-refractivity contribution >= 4 is 44.8 Å². The third-order valence-electron chi connectivity index (χ3n) is 5.40. The van der Waals surface area contributed by atoms with Crippen LogP contribution in [0.2, 0.25) is 5.02 Å². The van der Waals surface area contributed by atoms with Gasteiger partial charge in [0.2, 0.25) is 15.9 Å². The van der Waals surface area contributed by atoms with Gasteiger partial charge in [-0.3, -0.25) is 13.9 Å². The lowest BCUT2D eigenvalue weighted by atomic mass is 10.1. The van der Waals surface area contributed by atoms with Crippen LogP contribution in [-0.4, -0.2) is 53.8 Å². The van der Waals surface area contributed by atoms with Gasteiger partial charge in [-0.15, -0.1) is 0 Å². The number of para-hydroxylation sites is 1. The molecule has 3 aromatic rings. The number of ether oxygens (including phenoxy) is 2. The Balaban J connectivity index is 1.66. The fourth-order valence-electron chi connectivity index (χ4n) is 3.57. The third kappa shape index (κ3) is 7.61. The van der Waals surface area contributed by atoms with Gasteiger partial charge < -0.3 is 20.1 Å². The number of hydrogen-bond donors (Lipinski definition) is 2. The molecule has 0 spiro atoms. The SMILES string of the molecule is COc1ccc(CCNC(=O)c2ccccc2NC(=O)CN(c2ccc(Cl)cc2)S(C)(=O)=O)cc1OC. The Hall–Kier alpha value is -3.76. The van der Waals surface area contributed by atoms with Gasteiger partial charge in [-0.25, -0.2) is 8.42 Å². The van der Waals surface area contributed by atoms with Crippen LogP contribution in [0.1, 0.15) is 15.9 Å². The van der Waals surface area contributed by atoms with Gasteiger partial charge in [0.1, 0.15) is 6.54 Å². The predicted octanol–water partition coefficient (Wildman–Crippen LogP) is 3.73. The van der Waals surface area contributed by atoms with Crippen molar-refractivity contribution in [1.82, 2.24) is 5.32 Å². The van der Waals surface area contributed by atoms with E-state index in [2.05, 4.69) is 10.6 Å². The highest BCUT2D eigenvalue weighted by atomic mass is 35.5. The Morgan fingerprint density at radius 2 is 1.62 bits per heavy atom. The summed E-state index contributed by atoms with van der Waals surface area (Å²) in [7, 11) is -0.645. The Labute approximate surface area is 221 Å². The van der Waals surface area contributed by atoms with Gasteiger partial charge in [0, 0.05) is 11.6 Å². The molecule has 2 amide bonds. The molecule has 0 bridgehead atoms. The highest BCUT2D eigenvalue weighted by Gasteiger charge is 2.22. The second-order valence-corrected chi connectivity index (χ2v) is 10.4. The van der Waals surface area contributed by atoms with E-state index in [1.165, 1.54) is 24.3 Å². The molecule has 0 saturated carbocycles. The van der Waals surface area contributed by atoms with Crippen LogP contribution in [-0.2, 0) is 21.2 Å². The maximum absolute atomic E-state index is 12.9. The smallest absolute Gasteiger partial charge is 0.253 e. The van der Waals surface area contributed by atoms with E-state index < -0.39 is 22.5 Å². The summed E-state index contributed by atoms with van der Waals surface area (Å²) >= 11 is 5.89. The van der Waals surface area contributed by atoms with Crippen LogP contribution in [0.3, 0.4) is 0 Å². The number of anilines is 2. The fraction of sp³-hybridized carbons (Fsp3) is 0.231. The van der Waals surface area contributed by atoms with Crippen LogP contribution < -0.4 is 24.4 Å². The first kappa shape index (κ1) is 27.8. The minimum Gasteiger partial charge on any atom is -0.493 e. The summed E-state index contributed by atoms with van der Waals surface area (Å²) in [4.78, 5) is 25.7. The molecule has 3 aromatic carbocycles. The molecule has 0 aliphatic carbocycles. The molecule has 0 aliphatic rings. The van der Waals surface area contributed by atoms with Crippen LogP contribution in [0, 0.1) is 0 Å². The van der Waals surface area contributed by atoms with E-state index in [1.54, 1.807) is 44.6 Å². The number of nitrogens with zero attached hydrogens (tertiary/aromatic N) is 1. The fourth-order valence-corrected chi connectivity index (χ4v) is 4.55. The topological polar surface area (TPSA) is 114 Å². The summed E-state index contributed by atoms with van der Waals surface area (Å²) in [5.41, 5.74) is 1.76. The predicted molar refractivity (Wildman–Crippen MR) is 144 cm³/mol. The van der Waals surface area contributed by atoms with E-state index in [4.69, 9.17) is 21.1 Å². The molecule has 0 unspecified atom stereocenters. The van der Waals surface area contributed by atoms with Crippen LogP contribution in [0.15, 0.2) is 66.7 Å². The Morgan fingerprint density at radius 3 is 2.27 bits per heavy atom. The summed E-state index contributed by atoms with van der Waals surface area (Å²) in [6, 6.07) is 18.1. The van der Waals surface area contributed by atoms with Crippen LogP contribution in [0.25, 0.3) is 0 Å². The average Bonchev–Trinajstić information content (AvgIpc) is 2.87. The van der Waals surface area contributed by atoms with E-state index in [1.807, 2.05) is 12.1 Å². The van der Waals surface area contributed by atoms with Gasteiger partial charge in [0.25, 0.3) is 5.91 Å². The summed E-state index contributed by atoms with van der Waals surface area (Å²) in [5.74, 6) is 0.228. The number of methoxy groups -OCH3 is 2. The minimum absolute atomic E-state index is 0.251. The lowest BCUT2D eigenvalue weighted by Crippen LogP contribution is -2.37. The first-order valence-electron chi connectivity index (χ1n) is 11.2. The number of nitrogens with one attached hydrogen (secondary N) is 2. The van der Waals surface area contributed by atoms with Crippen molar-refractivity contribution in [2.45, 2.75) is 6.42 Å². The van der Waals surface area contributed by atoms with Gasteiger partial charge >= 0.3 is 0 Å². The van der Waals surface area contributed by atoms with Crippen molar-refractivity contribution < 1.29 is 27.5 Å². The van der Waals surface area contributed by atoms with E-state index in [0.29, 0.717) is 35.2 Å². The Bertz CT molecular complexity index is 1360. The number of halogens is 1. The number of carbonyl (C=O) groups is 2. The second-order valence-electron chi connectivity index (χ2n) is 8.04. The highest BCUT2D eigenvalue weighted by molar-refractivity contribution is 7.92. The summed E-state index contributed by atoms with van der Waals surface area (Å²) < 4.78 is 36.2. The van der Waals surface area contributed by atoms with Crippen molar-refractivity contribution in [2.75, 3.05) is 43.2 Å². The normalized spacial score (nSPS) is 10.9. The summed E-state index contributed by atoms with van der Waals surface area (Å²) in [6.07, 6.45) is 1.56. The van der Waals surface area contributed by atoms with E-state index in [-0.39, 0.29) is 17.2 Å². The molecule has 3 rings (SSSR count). The van der Waals surface area contributed by atoms with E-state index >= 15 is 0 Å². The first-order valence-corrected chi connectivity index (χ1v) is 13.5. The van der Waals surface area contributed by atoms with Gasteiger partial charge in [-0.1, -0.05) is 29.8 Å². The molecule has 0 aliphatic heterocycles. The van der Waals surface area contributed by atoms with Crippen molar-refractivity contribution in [3.8, 4) is 11.5 Å². The molecule has 2 N–H and O–H groups in total. The molecule has 196 valence electrons. The Morgan fingerprint density at radius 1 is 0.946 bits per heavy atom. The molecule has 0 aromatic heterocycles. The number of benzene rings is 3. The lowest BCUT2D eigenvalue weighted by Gasteiger charge is -2.22. The zero-order valence-electron chi connectivity index (χ0n) is 20.7. The van der Waals surface area contributed by atoms with Crippen molar-refractivity contribution in [3.05, 3.63) is 82.9 Å². The number of amides is 2. The van der Waals surface area contributed by atoms with E-state index in [9.17, 15) is 18.0 Å². The van der Waals surface area contributed by atoms with Crippen LogP contribution in [0.5, 0.6) is 11.5 Å². The molecule has 0 radical (unpaired) electrons. The lowest BCUT2D eigenvalue weighted by molar-refractivity contribution is -0.114. The standard InChI is InChI=1S/C26H28ClN3O6S/c1-35-23-13-8-18(16-24(23)36-2)14-15-28-26(32)21-6-4-5-7-22(21)29-25(31)17-30(37(3,33)34)20-11-9-19(27)10-12-20/h4-13,16H,14-15,17H2,1-3H3,(H,28,32)(H,29,31). The number of hydrogen-bond acceptors (Lipinski definition) is 6. The third-order valence-corrected chi connectivity index (χ3v) is 6.79. The van der Waals surface area contributed by atoms with Gasteiger partial charge in [-0.2, -0.15) is 0 Å². The van der Waals surface area contributed by atoms with Gasteiger partial charge in [0.15, 0.2) is 11.5 Å². The summed E-state index contributed by atoms with van der Waals surface area (Å²) in [6.45, 7) is -0.134. The molecule has 11 heteroatoms. The molecule has 0 fully saturated rings. The maximum atomic E-state index is 12.9. The molecular weight excluding hydrogens is 518 g/mol. The summed E-state index contributed by atoms with van der Waals surface area (Å²) in [5, 5.41) is 5.93. The highest BCUT2D eigenvalue weighted by Crippen LogP contribution is 2.27. The molecule has 0 atom stereocenters. The quantitative estimate of drug-likeness (QED) is 0.379. The minimum atomic E-state index is -3.76. The van der Waals surface area contributed by atoms with Crippen molar-refractivity contribution in [2.24, 2.45) is 0 Å². The molecule has 9 nitrogen and oxygen atoms in total. The zero-order valence-corrected chi connectivity index (χ0v) is 22.2. The van der Waals surface area contributed by atoms with Crippen molar-refractivity contribution in [3.63, 3.8) is 0 Å². The van der Waals surface area contributed by atoms with Crippen LogP contribution >= 0.6 is 11.6 Å². The molecule has 0 heterocycles. The van der Waals surface area contributed by atoms with E-state index in [0.717, 1.165) is 16.1 Å². The van der Waals surface area contributed by atoms with Gasteiger partial charge in [0.05, 0.1) is 37.4 Å². The monoisotopic (exact) mass is 545 g/mol. The molecule has 0 saturated heterocycles. The van der Waals surface area contributed by atoms with Gasteiger partial charge in [-0.05, 0) is 60.5 Å². The number of sulfonamides is 1. The average molecular weight is 546 g/mol. The van der Waals surface area contributed by atoms with Crippen molar-refractivity contribution in [1.29, 1.82) is 0 Å². The number of carbonyl (C=O) groups excluding carboxylic acids is 2.